The van der Waals surface area contributed by atoms with Gasteiger partial charge in [-0.2, -0.15) is 17.0 Å². The van der Waals surface area contributed by atoms with Gasteiger partial charge in [0.2, 0.25) is 5.96 Å². The molecule has 0 radical (unpaired) electrons. The Kier molecular flexibility index (Phi) is 8.11. The first-order valence-corrected chi connectivity index (χ1v) is 8.28. The lowest BCUT2D eigenvalue weighted by Gasteiger charge is -2.06. The molecule has 5 nitrogen and oxygen atoms in total. The number of thioether (sulfide) groups is 1. The summed E-state index contributed by atoms with van der Waals surface area (Å²) in [6, 6.07) is 4.41. The number of rotatable bonds is 7. The van der Waals surface area contributed by atoms with E-state index in [1.54, 1.807) is 7.05 Å². The second kappa shape index (κ2) is 9.64. The minimum absolute atomic E-state index is 0.525. The van der Waals surface area contributed by atoms with Crippen molar-refractivity contribution in [2.24, 2.45) is 4.99 Å². The Morgan fingerprint density at radius 1 is 1.45 bits per heavy atom. The van der Waals surface area contributed by atoms with Crippen LogP contribution in [0, 0.1) is 11.5 Å². The van der Waals surface area contributed by atoms with E-state index in [-0.39, 0.29) is 0 Å². The zero-order chi connectivity index (χ0) is 14.8. The molecule has 0 aromatic carbocycles. The fourth-order valence-electron chi connectivity index (χ4n) is 1.54. The number of guanidine groups is 1. The summed E-state index contributed by atoms with van der Waals surface area (Å²) in [5, 5.41) is 14.1. The smallest absolute Gasteiger partial charge is 0.204 e. The summed E-state index contributed by atoms with van der Waals surface area (Å²) in [7, 11) is 5.82. The van der Waals surface area contributed by atoms with E-state index in [9.17, 15) is 0 Å². The van der Waals surface area contributed by atoms with Crippen LogP contribution < -0.4 is 10.6 Å². The summed E-state index contributed by atoms with van der Waals surface area (Å²) >= 11 is 3.75. The van der Waals surface area contributed by atoms with Crippen molar-refractivity contribution in [2.75, 3.05) is 33.4 Å². The van der Waals surface area contributed by atoms with E-state index in [2.05, 4.69) is 46.8 Å². The molecule has 0 fully saturated rings. The Balaban J connectivity index is 2.18. The van der Waals surface area contributed by atoms with Crippen LogP contribution in [0.3, 0.4) is 0 Å². The molecule has 1 aromatic heterocycles. The van der Waals surface area contributed by atoms with Gasteiger partial charge in [-0.25, -0.2) is 0 Å². The lowest BCUT2D eigenvalue weighted by Crippen LogP contribution is -2.35. The summed E-state index contributed by atoms with van der Waals surface area (Å²) in [6.45, 7) is 1.80. The van der Waals surface area contributed by atoms with Crippen molar-refractivity contribution in [3.63, 3.8) is 0 Å². The molecule has 0 spiro atoms. The highest BCUT2D eigenvalue weighted by molar-refractivity contribution is 7.98. The minimum atomic E-state index is 0.525. The summed E-state index contributed by atoms with van der Waals surface area (Å²) < 4.78 is 0. The van der Waals surface area contributed by atoms with Crippen molar-refractivity contribution in [1.29, 1.82) is 5.26 Å². The Morgan fingerprint density at radius 3 is 2.85 bits per heavy atom. The molecule has 110 valence electrons. The van der Waals surface area contributed by atoms with Gasteiger partial charge in [-0.05, 0) is 26.2 Å². The molecule has 0 saturated carbocycles. The van der Waals surface area contributed by atoms with E-state index in [0.717, 1.165) is 24.6 Å². The number of aliphatic imine (C=N–C) groups is 1. The zero-order valence-electron chi connectivity index (χ0n) is 12.1. The standard InChI is InChI=1S/C13H21N5S2/c1-15-13(17-10-14)16-6-7-19-9-12-5-4-11(20-12)8-18(2)3/h4-5H,6-9H2,1-3H3,(H2,15,16,17). The molecular weight excluding hydrogens is 290 g/mol. The SMILES string of the molecule is CN=C(NC#N)NCCSCc1ccc(CN(C)C)s1. The van der Waals surface area contributed by atoms with Gasteiger partial charge in [0.05, 0.1) is 0 Å². The van der Waals surface area contributed by atoms with Crippen LogP contribution in [0.1, 0.15) is 9.75 Å². The van der Waals surface area contributed by atoms with Crippen LogP contribution >= 0.6 is 23.1 Å². The highest BCUT2D eigenvalue weighted by Gasteiger charge is 2.02. The highest BCUT2D eigenvalue weighted by Crippen LogP contribution is 2.22. The van der Waals surface area contributed by atoms with Crippen molar-refractivity contribution < 1.29 is 0 Å². The van der Waals surface area contributed by atoms with Gasteiger partial charge in [0.1, 0.15) is 0 Å². The topological polar surface area (TPSA) is 63.5 Å². The minimum Gasteiger partial charge on any atom is -0.355 e. The maximum Gasteiger partial charge on any atom is 0.204 e. The quantitative estimate of drug-likeness (QED) is 0.264. The Hall–Kier alpha value is -1.23. The fraction of sp³-hybridized carbons (Fsp3) is 0.538. The molecule has 0 unspecified atom stereocenters. The third-order valence-corrected chi connectivity index (χ3v) is 4.63. The molecular formula is C13H21N5S2. The maximum atomic E-state index is 8.49. The molecule has 0 aliphatic heterocycles. The Labute approximate surface area is 129 Å². The molecule has 7 heteroatoms. The average molecular weight is 311 g/mol. The fourth-order valence-corrected chi connectivity index (χ4v) is 3.65. The number of nitriles is 1. The molecule has 0 aliphatic carbocycles. The van der Waals surface area contributed by atoms with Crippen molar-refractivity contribution in [1.82, 2.24) is 15.5 Å². The first kappa shape index (κ1) is 16.8. The van der Waals surface area contributed by atoms with Gasteiger partial charge in [-0.3, -0.25) is 10.3 Å². The van der Waals surface area contributed by atoms with Crippen LogP contribution in [0.5, 0.6) is 0 Å². The molecule has 20 heavy (non-hydrogen) atoms. The van der Waals surface area contributed by atoms with Crippen molar-refractivity contribution in [3.05, 3.63) is 21.9 Å². The molecule has 0 aliphatic rings. The summed E-state index contributed by atoms with van der Waals surface area (Å²) in [4.78, 5) is 8.92. The molecule has 0 bridgehead atoms. The Bertz CT molecular complexity index is 462. The second-order valence-corrected chi connectivity index (χ2v) is 6.75. The zero-order valence-corrected chi connectivity index (χ0v) is 13.8. The van der Waals surface area contributed by atoms with Gasteiger partial charge in [0, 0.05) is 41.4 Å². The number of thiophene rings is 1. The van der Waals surface area contributed by atoms with Crippen LogP contribution in [0.15, 0.2) is 17.1 Å². The summed E-state index contributed by atoms with van der Waals surface area (Å²) in [5.74, 6) is 2.54. The van der Waals surface area contributed by atoms with Crippen molar-refractivity contribution in [3.8, 4) is 6.19 Å². The van der Waals surface area contributed by atoms with E-state index >= 15 is 0 Å². The predicted molar refractivity (Wildman–Crippen MR) is 88.0 cm³/mol. The van der Waals surface area contributed by atoms with Crippen molar-refractivity contribution >= 4 is 29.1 Å². The number of hydrogen-bond acceptors (Lipinski definition) is 5. The Morgan fingerprint density at radius 2 is 2.20 bits per heavy atom. The number of hydrogen-bond donors (Lipinski definition) is 2. The first-order chi connectivity index (χ1) is 9.65. The van der Waals surface area contributed by atoms with E-state index < -0.39 is 0 Å². The lowest BCUT2D eigenvalue weighted by molar-refractivity contribution is 0.406. The third kappa shape index (κ3) is 6.80. The van der Waals surface area contributed by atoms with Gasteiger partial charge in [0.25, 0.3) is 0 Å². The van der Waals surface area contributed by atoms with Crippen LogP contribution in [0.2, 0.25) is 0 Å². The molecule has 0 amide bonds. The normalized spacial score (nSPS) is 11.4. The van der Waals surface area contributed by atoms with Gasteiger partial charge < -0.3 is 10.2 Å². The number of nitrogens with one attached hydrogen (secondary N) is 2. The van der Waals surface area contributed by atoms with Crippen LogP contribution in [0.4, 0.5) is 0 Å². The monoisotopic (exact) mass is 311 g/mol. The molecule has 0 saturated heterocycles. The summed E-state index contributed by atoms with van der Waals surface area (Å²) in [5.41, 5.74) is 0. The molecule has 1 aromatic rings. The van der Waals surface area contributed by atoms with Crippen LogP contribution in [-0.2, 0) is 12.3 Å². The summed E-state index contributed by atoms with van der Waals surface area (Å²) in [6.07, 6.45) is 1.85. The maximum absolute atomic E-state index is 8.49. The molecule has 1 heterocycles. The largest absolute Gasteiger partial charge is 0.355 e. The van der Waals surface area contributed by atoms with E-state index in [1.807, 2.05) is 29.3 Å². The second-order valence-electron chi connectivity index (χ2n) is 4.39. The van der Waals surface area contributed by atoms with Gasteiger partial charge >= 0.3 is 0 Å². The van der Waals surface area contributed by atoms with Crippen LogP contribution in [-0.4, -0.2) is 44.3 Å². The molecule has 1 rings (SSSR count). The van der Waals surface area contributed by atoms with Gasteiger partial charge in [-0.15, -0.1) is 11.3 Å². The van der Waals surface area contributed by atoms with E-state index in [4.69, 9.17) is 5.26 Å². The van der Waals surface area contributed by atoms with E-state index in [1.165, 1.54) is 9.75 Å². The number of nitrogens with zero attached hydrogens (tertiary/aromatic N) is 3. The van der Waals surface area contributed by atoms with Crippen molar-refractivity contribution in [2.45, 2.75) is 12.3 Å². The molecule has 0 atom stereocenters. The van der Waals surface area contributed by atoms with Gasteiger partial charge in [-0.1, -0.05) is 0 Å². The predicted octanol–water partition coefficient (Wildman–Crippen LogP) is 1.69. The third-order valence-electron chi connectivity index (χ3n) is 2.37. The first-order valence-electron chi connectivity index (χ1n) is 6.31. The lowest BCUT2D eigenvalue weighted by atomic mass is 10.4. The van der Waals surface area contributed by atoms with Gasteiger partial charge in [0.15, 0.2) is 6.19 Å². The van der Waals surface area contributed by atoms with Crippen LogP contribution in [0.25, 0.3) is 0 Å². The average Bonchev–Trinajstić information content (AvgIpc) is 2.83. The molecule has 2 N–H and O–H groups in total. The highest BCUT2D eigenvalue weighted by atomic mass is 32.2. The van der Waals surface area contributed by atoms with E-state index in [0.29, 0.717) is 5.96 Å².